The highest BCUT2D eigenvalue weighted by molar-refractivity contribution is 9.10. The van der Waals surface area contributed by atoms with Gasteiger partial charge in [0.1, 0.15) is 6.04 Å². The zero-order chi connectivity index (χ0) is 27.0. The Bertz CT molecular complexity index is 1160. The van der Waals surface area contributed by atoms with Crippen LogP contribution in [0, 0.1) is 6.92 Å². The van der Waals surface area contributed by atoms with E-state index in [4.69, 9.17) is 11.6 Å². The van der Waals surface area contributed by atoms with Gasteiger partial charge in [0, 0.05) is 35.0 Å². The van der Waals surface area contributed by atoms with E-state index in [9.17, 15) is 18.0 Å². The fourth-order valence-electron chi connectivity index (χ4n) is 3.68. The Morgan fingerprint density at radius 2 is 1.75 bits per heavy atom. The molecule has 0 radical (unpaired) electrons. The second-order valence-corrected chi connectivity index (χ2v) is 12.2. The second kappa shape index (κ2) is 13.4. The minimum atomic E-state index is -3.59. The zero-order valence-electron chi connectivity index (χ0n) is 21.4. The van der Waals surface area contributed by atoms with Gasteiger partial charge in [-0.15, -0.1) is 0 Å². The summed E-state index contributed by atoms with van der Waals surface area (Å²) in [4.78, 5) is 27.8. The van der Waals surface area contributed by atoms with Crippen molar-refractivity contribution in [3.8, 4) is 0 Å². The number of amides is 2. The fourth-order valence-corrected chi connectivity index (χ4v) is 5.13. The number of nitrogens with one attached hydrogen (secondary N) is 1. The van der Waals surface area contributed by atoms with Crippen molar-refractivity contribution in [2.75, 3.05) is 17.1 Å². The van der Waals surface area contributed by atoms with Crippen LogP contribution in [0.1, 0.15) is 51.2 Å². The molecule has 0 saturated carbocycles. The highest BCUT2D eigenvalue weighted by Gasteiger charge is 2.27. The van der Waals surface area contributed by atoms with Crippen LogP contribution < -0.4 is 9.62 Å². The summed E-state index contributed by atoms with van der Waals surface area (Å²) in [7, 11) is -3.59. The van der Waals surface area contributed by atoms with Crippen LogP contribution in [0.3, 0.4) is 0 Å². The van der Waals surface area contributed by atoms with Gasteiger partial charge in [0.2, 0.25) is 21.8 Å². The number of rotatable bonds is 12. The number of benzene rings is 2. The molecular formula is C26H35BrClN3O4S. The second-order valence-electron chi connectivity index (χ2n) is 8.96. The normalized spacial score (nSPS) is 13.1. The van der Waals surface area contributed by atoms with Gasteiger partial charge in [0.15, 0.2) is 0 Å². The molecule has 10 heteroatoms. The lowest BCUT2D eigenvalue weighted by molar-refractivity contribution is -0.140. The van der Waals surface area contributed by atoms with Crippen LogP contribution in [-0.4, -0.2) is 50.0 Å². The third-order valence-electron chi connectivity index (χ3n) is 6.09. The summed E-state index contributed by atoms with van der Waals surface area (Å²) < 4.78 is 27.3. The van der Waals surface area contributed by atoms with Crippen LogP contribution in [0.25, 0.3) is 0 Å². The molecule has 2 aromatic rings. The average Bonchev–Trinajstić information content (AvgIpc) is 2.82. The molecule has 2 aromatic carbocycles. The van der Waals surface area contributed by atoms with Gasteiger partial charge in [-0.25, -0.2) is 8.42 Å². The molecule has 0 aliphatic heterocycles. The number of anilines is 1. The van der Waals surface area contributed by atoms with Crippen LogP contribution in [0.5, 0.6) is 0 Å². The van der Waals surface area contributed by atoms with E-state index >= 15 is 0 Å². The molecule has 1 N–H and O–H groups in total. The average molecular weight is 601 g/mol. The monoisotopic (exact) mass is 599 g/mol. The topological polar surface area (TPSA) is 86.8 Å². The van der Waals surface area contributed by atoms with E-state index < -0.39 is 16.1 Å². The molecular weight excluding hydrogens is 566 g/mol. The number of hydrogen-bond donors (Lipinski definition) is 1. The molecule has 2 atom stereocenters. The molecule has 7 nitrogen and oxygen atoms in total. The molecule has 0 aliphatic rings. The maximum Gasteiger partial charge on any atom is 0.242 e. The van der Waals surface area contributed by atoms with Crippen molar-refractivity contribution in [1.82, 2.24) is 10.2 Å². The number of nitrogens with zero attached hydrogens (tertiary/aromatic N) is 2. The number of halogens is 2. The summed E-state index contributed by atoms with van der Waals surface area (Å²) in [6.07, 6.45) is 2.29. The third-order valence-corrected chi connectivity index (χ3v) is 8.21. The van der Waals surface area contributed by atoms with Crippen molar-refractivity contribution >= 4 is 55.1 Å². The van der Waals surface area contributed by atoms with E-state index in [0.717, 1.165) is 22.7 Å². The standard InChI is InChI=1S/C26H35BrClN3O4S/c1-6-18(2)29-26(33)20(4)30(17-21-12-14-22(27)15-13-21)25(32)11-8-16-31(36(5,34)35)24-10-7-9-23(28)19(24)3/h7,9-10,12-15,18,20H,6,8,11,16-17H2,1-5H3,(H,29,33)/t18-,20+/m1/s1. The summed E-state index contributed by atoms with van der Waals surface area (Å²) in [5.74, 6) is -0.442. The fraction of sp³-hybridized carbons (Fsp3) is 0.462. The first-order chi connectivity index (χ1) is 16.8. The van der Waals surface area contributed by atoms with Crippen molar-refractivity contribution in [1.29, 1.82) is 0 Å². The summed E-state index contributed by atoms with van der Waals surface area (Å²) in [5, 5.41) is 3.42. The van der Waals surface area contributed by atoms with Crippen molar-refractivity contribution in [2.24, 2.45) is 0 Å². The first-order valence-corrected chi connectivity index (χ1v) is 14.9. The molecule has 198 valence electrons. The summed E-state index contributed by atoms with van der Waals surface area (Å²) in [6, 6.07) is 12.0. The van der Waals surface area contributed by atoms with Gasteiger partial charge in [0.25, 0.3) is 0 Å². The number of sulfonamides is 1. The Kier molecular flexibility index (Phi) is 11.3. The van der Waals surface area contributed by atoms with E-state index in [-0.39, 0.29) is 43.8 Å². The van der Waals surface area contributed by atoms with Crippen LogP contribution in [0.15, 0.2) is 46.9 Å². The van der Waals surface area contributed by atoms with Gasteiger partial charge in [-0.2, -0.15) is 0 Å². The van der Waals surface area contributed by atoms with Crippen LogP contribution in [0.2, 0.25) is 5.02 Å². The largest absolute Gasteiger partial charge is 0.352 e. The Labute approximate surface area is 228 Å². The van der Waals surface area contributed by atoms with E-state index in [1.165, 1.54) is 4.31 Å². The zero-order valence-corrected chi connectivity index (χ0v) is 24.6. The van der Waals surface area contributed by atoms with Crippen molar-refractivity contribution < 1.29 is 18.0 Å². The van der Waals surface area contributed by atoms with E-state index in [2.05, 4.69) is 21.2 Å². The van der Waals surface area contributed by atoms with Gasteiger partial charge >= 0.3 is 0 Å². The Balaban J connectivity index is 2.20. The lowest BCUT2D eigenvalue weighted by atomic mass is 10.1. The van der Waals surface area contributed by atoms with E-state index in [1.54, 1.807) is 36.9 Å². The van der Waals surface area contributed by atoms with Gasteiger partial charge < -0.3 is 10.2 Å². The minimum absolute atomic E-state index is 0.00571. The highest BCUT2D eigenvalue weighted by atomic mass is 79.9. The van der Waals surface area contributed by atoms with Crippen LogP contribution in [-0.2, 0) is 26.2 Å². The molecule has 0 fully saturated rings. The van der Waals surface area contributed by atoms with Crippen molar-refractivity contribution in [2.45, 2.75) is 65.6 Å². The first-order valence-electron chi connectivity index (χ1n) is 11.9. The maximum absolute atomic E-state index is 13.4. The molecule has 0 aliphatic carbocycles. The first kappa shape index (κ1) is 30.1. The molecule has 2 amide bonds. The molecule has 0 aromatic heterocycles. The minimum Gasteiger partial charge on any atom is -0.352 e. The van der Waals surface area contributed by atoms with E-state index in [0.29, 0.717) is 16.3 Å². The summed E-state index contributed by atoms with van der Waals surface area (Å²) in [5.41, 5.74) is 2.04. The Morgan fingerprint density at radius 3 is 2.33 bits per heavy atom. The number of carbonyl (C=O) groups is 2. The number of carbonyl (C=O) groups excluding carboxylic acids is 2. The molecule has 0 bridgehead atoms. The molecule has 0 spiro atoms. The van der Waals surface area contributed by atoms with Crippen LogP contribution >= 0.6 is 27.5 Å². The van der Waals surface area contributed by atoms with Gasteiger partial charge in [-0.1, -0.05) is 52.7 Å². The quantitative estimate of drug-likeness (QED) is 0.359. The van der Waals surface area contributed by atoms with Crippen molar-refractivity contribution in [3.63, 3.8) is 0 Å². The Hall–Kier alpha value is -2.10. The molecule has 36 heavy (non-hydrogen) atoms. The molecule has 0 heterocycles. The predicted octanol–water partition coefficient (Wildman–Crippen LogP) is 5.29. The van der Waals surface area contributed by atoms with Crippen LogP contribution in [0.4, 0.5) is 5.69 Å². The maximum atomic E-state index is 13.4. The number of hydrogen-bond acceptors (Lipinski definition) is 4. The molecule has 0 saturated heterocycles. The van der Waals surface area contributed by atoms with Crippen molar-refractivity contribution in [3.05, 3.63) is 63.1 Å². The van der Waals surface area contributed by atoms with E-state index in [1.807, 2.05) is 38.1 Å². The lowest BCUT2D eigenvalue weighted by Gasteiger charge is -2.30. The van der Waals surface area contributed by atoms with Gasteiger partial charge in [-0.3, -0.25) is 13.9 Å². The third kappa shape index (κ3) is 8.49. The SMILES string of the molecule is CC[C@@H](C)NC(=O)[C@H](C)N(Cc1ccc(Br)cc1)C(=O)CCCN(c1cccc(Cl)c1C)S(C)(=O)=O. The Morgan fingerprint density at radius 1 is 1.11 bits per heavy atom. The molecule has 2 rings (SSSR count). The summed E-state index contributed by atoms with van der Waals surface area (Å²) >= 11 is 9.62. The predicted molar refractivity (Wildman–Crippen MR) is 150 cm³/mol. The summed E-state index contributed by atoms with van der Waals surface area (Å²) in [6.45, 7) is 7.76. The van der Waals surface area contributed by atoms with Gasteiger partial charge in [-0.05, 0) is 69.0 Å². The lowest BCUT2D eigenvalue weighted by Crippen LogP contribution is -2.49. The smallest absolute Gasteiger partial charge is 0.242 e. The highest BCUT2D eigenvalue weighted by Crippen LogP contribution is 2.28. The molecule has 0 unspecified atom stereocenters. The van der Waals surface area contributed by atoms with Gasteiger partial charge in [0.05, 0.1) is 11.9 Å².